The number of nitrogens with zero attached hydrogens (tertiary/aromatic N) is 2. The summed E-state index contributed by atoms with van der Waals surface area (Å²) in [5.74, 6) is -1.36. The zero-order valence-corrected chi connectivity index (χ0v) is 27.4. The van der Waals surface area contributed by atoms with Crippen molar-refractivity contribution in [2.45, 2.75) is 82.2 Å². The van der Waals surface area contributed by atoms with Crippen molar-refractivity contribution in [3.05, 3.63) is 54.1 Å². The van der Waals surface area contributed by atoms with E-state index in [1.807, 2.05) is 6.92 Å². The van der Waals surface area contributed by atoms with Gasteiger partial charge in [0, 0.05) is 44.8 Å². The highest BCUT2D eigenvalue weighted by Gasteiger charge is 2.32. The van der Waals surface area contributed by atoms with Crippen LogP contribution in [0.4, 0.5) is 18.9 Å². The molecule has 1 heterocycles. The van der Waals surface area contributed by atoms with E-state index in [2.05, 4.69) is 4.72 Å². The highest BCUT2D eigenvalue weighted by Crippen LogP contribution is 2.30. The fourth-order valence-electron chi connectivity index (χ4n) is 5.07. The maximum absolute atomic E-state index is 14.2. The molecule has 0 aliphatic carbocycles. The number of anilines is 1. The van der Waals surface area contributed by atoms with Crippen molar-refractivity contribution in [2.24, 2.45) is 5.92 Å². The van der Waals surface area contributed by atoms with Crippen molar-refractivity contribution in [3.8, 4) is 5.75 Å². The monoisotopic (exact) mass is 671 g/mol. The highest BCUT2D eigenvalue weighted by molar-refractivity contribution is 7.92. The molecule has 14 heteroatoms. The van der Waals surface area contributed by atoms with E-state index in [-0.39, 0.29) is 47.7 Å². The molecule has 0 spiro atoms. The molecule has 0 radical (unpaired) electrons. The summed E-state index contributed by atoms with van der Waals surface area (Å²) < 4.78 is 79.1. The summed E-state index contributed by atoms with van der Waals surface area (Å²) in [6, 6.07) is 11.6. The van der Waals surface area contributed by atoms with Crippen molar-refractivity contribution >= 4 is 27.5 Å². The van der Waals surface area contributed by atoms with E-state index in [9.17, 15) is 36.3 Å². The van der Waals surface area contributed by atoms with Gasteiger partial charge in [-0.1, -0.05) is 25.1 Å². The molecule has 0 fully saturated rings. The number of ether oxygens (including phenoxy) is 2. The number of hydrogen-bond donors (Lipinski definition) is 2. The second-order valence-electron chi connectivity index (χ2n) is 11.8. The van der Waals surface area contributed by atoms with Gasteiger partial charge in [0.2, 0.25) is 5.91 Å². The van der Waals surface area contributed by atoms with Crippen LogP contribution in [0.25, 0.3) is 0 Å². The third-order valence-corrected chi connectivity index (χ3v) is 9.26. The number of rotatable bonds is 9. The number of aliphatic hydroxyl groups is 1. The van der Waals surface area contributed by atoms with Crippen LogP contribution in [0.5, 0.6) is 5.75 Å². The Kier molecular flexibility index (Phi) is 13.3. The van der Waals surface area contributed by atoms with E-state index in [4.69, 9.17) is 9.47 Å². The van der Waals surface area contributed by atoms with Crippen LogP contribution in [-0.4, -0.2) is 92.9 Å². The van der Waals surface area contributed by atoms with Gasteiger partial charge in [-0.05, 0) is 63.4 Å². The lowest BCUT2D eigenvalue weighted by molar-refractivity contribution is -0.149. The molecule has 2 amide bonds. The Labute approximate surface area is 268 Å². The fraction of sp³-hybridized carbons (Fsp3) is 0.562. The minimum Gasteiger partial charge on any atom is -0.490 e. The van der Waals surface area contributed by atoms with Crippen LogP contribution < -0.4 is 9.46 Å². The van der Waals surface area contributed by atoms with Gasteiger partial charge in [0.1, 0.15) is 5.75 Å². The number of likely N-dealkylation sites (N-methyl/N-ethyl adjacent to an activating group) is 1. The van der Waals surface area contributed by atoms with E-state index < -0.39 is 58.9 Å². The predicted molar refractivity (Wildman–Crippen MR) is 167 cm³/mol. The van der Waals surface area contributed by atoms with Crippen LogP contribution in [0.3, 0.4) is 0 Å². The molecule has 1 aliphatic rings. The third kappa shape index (κ3) is 10.9. The van der Waals surface area contributed by atoms with Crippen molar-refractivity contribution in [2.75, 3.05) is 38.1 Å². The summed E-state index contributed by atoms with van der Waals surface area (Å²) >= 11 is 0. The van der Waals surface area contributed by atoms with Crippen LogP contribution in [0.15, 0.2) is 53.4 Å². The molecule has 0 unspecified atom stereocenters. The van der Waals surface area contributed by atoms with Crippen LogP contribution >= 0.6 is 0 Å². The number of amides is 2. The van der Waals surface area contributed by atoms with Crippen LogP contribution in [-0.2, 0) is 19.6 Å². The zero-order chi connectivity index (χ0) is 34.1. The second kappa shape index (κ2) is 16.5. The summed E-state index contributed by atoms with van der Waals surface area (Å²) in [6.45, 7) is 5.33. The van der Waals surface area contributed by atoms with Crippen LogP contribution in [0, 0.1) is 5.92 Å². The molecule has 0 aromatic heterocycles. The molecule has 4 atom stereocenters. The summed E-state index contributed by atoms with van der Waals surface area (Å²) in [5, 5.41) is 10.1. The summed E-state index contributed by atoms with van der Waals surface area (Å²) in [4.78, 5) is 29.4. The van der Waals surface area contributed by atoms with Gasteiger partial charge in [-0.2, -0.15) is 13.2 Å². The van der Waals surface area contributed by atoms with Crippen molar-refractivity contribution in [1.82, 2.24) is 9.80 Å². The first-order chi connectivity index (χ1) is 21.6. The summed E-state index contributed by atoms with van der Waals surface area (Å²) in [7, 11) is -2.54. The first-order valence-corrected chi connectivity index (χ1v) is 16.8. The van der Waals surface area contributed by atoms with E-state index in [1.54, 1.807) is 32.0 Å². The molecule has 3 rings (SSSR count). The third-order valence-electron chi connectivity index (χ3n) is 7.86. The lowest BCUT2D eigenvalue weighted by Crippen LogP contribution is -2.48. The standard InChI is InChI=1S/C32H44F3N3O7S/c1-22-19-38(23(2)21-39)31(41)27-18-25(36-46(42,43)26-11-6-5-7-12-26)13-14-28(27)45-24(3)10-8-9-17-44-29(22)20-37(4)30(40)15-16-32(33,34)35/h5-7,11-14,18,22-24,29,36,39H,8-10,15-17,19-21H2,1-4H3/t22-,23-,24+,29-/m0/s1. The molecular weight excluding hydrogens is 627 g/mol. The van der Waals surface area contributed by atoms with Gasteiger partial charge in [-0.3, -0.25) is 14.3 Å². The number of halogens is 3. The molecule has 256 valence electrons. The molecule has 0 saturated carbocycles. The smallest absolute Gasteiger partial charge is 0.389 e. The number of fused-ring (bicyclic) bond motifs is 1. The van der Waals surface area contributed by atoms with Crippen molar-refractivity contribution in [1.29, 1.82) is 0 Å². The molecule has 2 N–H and O–H groups in total. The number of benzene rings is 2. The first-order valence-electron chi connectivity index (χ1n) is 15.3. The number of nitrogens with one attached hydrogen (secondary N) is 1. The molecule has 0 saturated heterocycles. The number of alkyl halides is 3. The van der Waals surface area contributed by atoms with Gasteiger partial charge in [0.15, 0.2) is 0 Å². The van der Waals surface area contributed by atoms with E-state index in [0.29, 0.717) is 25.9 Å². The van der Waals surface area contributed by atoms with Gasteiger partial charge in [0.05, 0.1) is 41.7 Å². The number of sulfonamides is 1. The van der Waals surface area contributed by atoms with Crippen molar-refractivity contribution < 1.29 is 45.8 Å². The first kappa shape index (κ1) is 37.1. The van der Waals surface area contributed by atoms with Gasteiger partial charge in [-0.15, -0.1) is 0 Å². The second-order valence-corrected chi connectivity index (χ2v) is 13.5. The predicted octanol–water partition coefficient (Wildman–Crippen LogP) is 5.08. The molecule has 2 aromatic rings. The normalized spacial score (nSPS) is 21.0. The number of hydrogen-bond acceptors (Lipinski definition) is 7. The van der Waals surface area contributed by atoms with E-state index >= 15 is 0 Å². The van der Waals surface area contributed by atoms with Crippen LogP contribution in [0.2, 0.25) is 0 Å². The Hall–Kier alpha value is -3.36. The number of carbonyl (C=O) groups is 2. The largest absolute Gasteiger partial charge is 0.490 e. The van der Waals surface area contributed by atoms with Gasteiger partial charge in [-0.25, -0.2) is 8.42 Å². The average molecular weight is 672 g/mol. The SMILES string of the molecule is C[C@@H]1CCCCO[C@@H](CN(C)C(=O)CCC(F)(F)F)[C@@H](C)CN([C@@H](C)CO)C(=O)c2cc(NS(=O)(=O)c3ccccc3)ccc2O1. The Morgan fingerprint density at radius 1 is 1.15 bits per heavy atom. The zero-order valence-electron chi connectivity index (χ0n) is 26.6. The Morgan fingerprint density at radius 2 is 1.85 bits per heavy atom. The fourth-order valence-corrected chi connectivity index (χ4v) is 6.14. The van der Waals surface area contributed by atoms with Gasteiger partial charge >= 0.3 is 6.18 Å². The topological polar surface area (TPSA) is 125 Å². The lowest BCUT2D eigenvalue weighted by atomic mass is 10.0. The maximum Gasteiger partial charge on any atom is 0.389 e. The molecule has 0 bridgehead atoms. The van der Waals surface area contributed by atoms with Gasteiger partial charge in [0.25, 0.3) is 15.9 Å². The molecular formula is C32H44F3N3O7S. The maximum atomic E-state index is 14.2. The molecule has 46 heavy (non-hydrogen) atoms. The highest BCUT2D eigenvalue weighted by atomic mass is 32.2. The van der Waals surface area contributed by atoms with E-state index in [0.717, 1.165) is 0 Å². The Morgan fingerprint density at radius 3 is 2.50 bits per heavy atom. The summed E-state index contributed by atoms with van der Waals surface area (Å²) in [5.41, 5.74) is 0.222. The molecule has 10 nitrogen and oxygen atoms in total. The lowest BCUT2D eigenvalue weighted by Gasteiger charge is -2.36. The molecule has 1 aliphatic heterocycles. The number of aliphatic hydroxyl groups excluding tert-OH is 1. The number of carbonyl (C=O) groups excluding carboxylic acids is 2. The van der Waals surface area contributed by atoms with Crippen LogP contribution in [0.1, 0.15) is 63.2 Å². The van der Waals surface area contributed by atoms with E-state index in [1.165, 1.54) is 47.2 Å². The van der Waals surface area contributed by atoms with Crippen molar-refractivity contribution in [3.63, 3.8) is 0 Å². The Balaban J connectivity index is 1.95. The average Bonchev–Trinajstić information content (AvgIpc) is 3.01. The minimum absolute atomic E-state index is 0.00884. The quantitative estimate of drug-likeness (QED) is 0.381. The molecule has 2 aromatic carbocycles. The summed E-state index contributed by atoms with van der Waals surface area (Å²) in [6.07, 6.45) is -5.30. The van der Waals surface area contributed by atoms with Gasteiger partial charge < -0.3 is 24.4 Å². The minimum atomic E-state index is -4.45. The Bertz CT molecular complexity index is 1410.